The van der Waals surface area contributed by atoms with Gasteiger partial charge in [0.05, 0.1) is 0 Å². The summed E-state index contributed by atoms with van der Waals surface area (Å²) in [4.78, 5) is 0. The zero-order valence-corrected chi connectivity index (χ0v) is 59.5. The van der Waals surface area contributed by atoms with Crippen LogP contribution in [0.2, 0.25) is 0 Å². The molecular formula is C83H146. The van der Waals surface area contributed by atoms with Crippen molar-refractivity contribution in [1.29, 1.82) is 0 Å². The molecule has 0 aromatic carbocycles. The van der Waals surface area contributed by atoms with E-state index < -0.39 is 0 Å². The summed E-state index contributed by atoms with van der Waals surface area (Å²) >= 11 is 0. The minimum absolute atomic E-state index is 0.583. The fourth-order valence-corrected chi connectivity index (χ4v) is 28.4. The van der Waals surface area contributed by atoms with E-state index in [0.29, 0.717) is 43.3 Å². The number of rotatable bonds is 2. The molecule has 0 aromatic heterocycles. The average Bonchev–Trinajstić information content (AvgIpc) is 1.76. The fourth-order valence-electron chi connectivity index (χ4n) is 28.4. The van der Waals surface area contributed by atoms with Crippen LogP contribution in [0, 0.1) is 167 Å². The predicted octanol–water partition coefficient (Wildman–Crippen LogP) is 25.7. The Labute approximate surface area is 520 Å². The lowest BCUT2D eigenvalue weighted by molar-refractivity contribution is 0.0404. The summed E-state index contributed by atoms with van der Waals surface area (Å²) in [5, 5.41) is 0. The van der Waals surface area contributed by atoms with Crippen LogP contribution in [-0.2, 0) is 0 Å². The van der Waals surface area contributed by atoms with Gasteiger partial charge in [-0.3, -0.25) is 0 Å². The van der Waals surface area contributed by atoms with Crippen molar-refractivity contribution in [1.82, 2.24) is 0 Å². The van der Waals surface area contributed by atoms with Crippen molar-refractivity contribution in [2.75, 3.05) is 0 Å². The molecule has 0 nitrogen and oxygen atoms in total. The third-order valence-electron chi connectivity index (χ3n) is 34.2. The molecule has 0 heteroatoms. The predicted molar refractivity (Wildman–Crippen MR) is 360 cm³/mol. The standard InChI is InChI=1S/C14H22.C12H20.3C12H22.C11H20.C10H18/c1-14(2)7-10-6-11(14)13-9-4-3-8(5-9)12(10)13;1-12(2)7-8-6-11(12)10-5-3-4-9(8)10;1-10(2)8-9-6-7-12(10,5)11(9,3)4;1-12(2)9-5-7-10-6-3-4-8-11(10)12;1-12(2)8-7-10-5-3-4-6-11(10)9-12;1-8(2)11(3)7-9-4-5-10(11)6-9;1-3-10(2)7-8-4-5-9(10)6-8/h8-13H,3-7H2,1-2H3;8-11H,3-7H2,1-2H3;9H,6-8H2,1-5H3;2*10-11H,3-9H2,1-2H3;8-10H,4-7H2,1-3H3;8-9H,3-7H2,1-2H3. The fraction of sp³-hybridized carbons (Fsp3) is 1.00. The Morgan fingerprint density at radius 1 is 0.349 bits per heavy atom. The second-order valence-electron chi connectivity index (χ2n) is 40.8. The first-order chi connectivity index (χ1) is 38.9. The van der Waals surface area contributed by atoms with Gasteiger partial charge in [0.2, 0.25) is 0 Å². The van der Waals surface area contributed by atoms with Crippen molar-refractivity contribution in [3.63, 3.8) is 0 Å². The van der Waals surface area contributed by atoms with Crippen molar-refractivity contribution in [3.05, 3.63) is 0 Å². The molecular weight excluding hydrogens is 997 g/mol. The topological polar surface area (TPSA) is 0 Å². The Bertz CT molecular complexity index is 2140. The molecule has 12 bridgehead atoms. The van der Waals surface area contributed by atoms with Crippen molar-refractivity contribution in [2.24, 2.45) is 167 Å². The first-order valence-corrected chi connectivity index (χ1v) is 38.9. The minimum atomic E-state index is 0.583. The summed E-state index contributed by atoms with van der Waals surface area (Å²) < 4.78 is 0. The molecule has 17 aliphatic carbocycles. The van der Waals surface area contributed by atoms with Crippen LogP contribution in [0.1, 0.15) is 356 Å². The van der Waals surface area contributed by atoms with Gasteiger partial charge in [-0.1, -0.05) is 208 Å². The molecule has 0 N–H and O–H groups in total. The quantitative estimate of drug-likeness (QED) is 0.242. The first-order valence-electron chi connectivity index (χ1n) is 38.9. The summed E-state index contributed by atoms with van der Waals surface area (Å²) in [5.41, 5.74) is 5.99. The number of fused-ring (bicyclic) bond motifs is 22. The van der Waals surface area contributed by atoms with E-state index >= 15 is 0 Å². The van der Waals surface area contributed by atoms with Crippen LogP contribution >= 0.6 is 0 Å². The van der Waals surface area contributed by atoms with Crippen molar-refractivity contribution in [2.45, 2.75) is 356 Å². The SMILES string of the molecule is CC(C)C1(C)CC2CCC1C2.CC1(C)CC2CC1C1C3CCC(C3)C21.CC1(C)CC2CC1C1CCCC21.CC1(C)CC2CCC1(C)C2(C)C.CC1(C)CCC2CCCCC2C1.CC1(C)CCCC2CCCCC21.CCC1(C)CC2CCC1C2. The maximum atomic E-state index is 2.54. The Morgan fingerprint density at radius 2 is 0.940 bits per heavy atom. The smallest absolute Gasteiger partial charge is 0.0220 e. The van der Waals surface area contributed by atoms with Crippen LogP contribution in [0.5, 0.6) is 0 Å². The van der Waals surface area contributed by atoms with Gasteiger partial charge in [-0.2, -0.15) is 0 Å². The monoisotopic (exact) mass is 1140 g/mol. The van der Waals surface area contributed by atoms with Gasteiger partial charge < -0.3 is 0 Å². The van der Waals surface area contributed by atoms with E-state index in [9.17, 15) is 0 Å². The van der Waals surface area contributed by atoms with Crippen LogP contribution in [0.25, 0.3) is 0 Å². The van der Waals surface area contributed by atoms with E-state index in [1.54, 1.807) is 89.9 Å². The lowest BCUT2D eigenvalue weighted by atomic mass is 9.59. The van der Waals surface area contributed by atoms with E-state index in [2.05, 4.69) is 125 Å². The highest BCUT2D eigenvalue weighted by atomic mass is 14.7. The lowest BCUT2D eigenvalue weighted by Gasteiger charge is -2.46. The van der Waals surface area contributed by atoms with E-state index in [-0.39, 0.29) is 0 Å². The summed E-state index contributed by atoms with van der Waals surface area (Å²) in [6.45, 7) is 44.6. The highest BCUT2D eigenvalue weighted by molar-refractivity contribution is 5.15. The first kappa shape index (κ1) is 64.5. The minimum Gasteiger partial charge on any atom is -0.0649 e. The molecule has 0 saturated heterocycles. The van der Waals surface area contributed by atoms with Crippen molar-refractivity contribution >= 4 is 0 Å². The number of hydrogen-bond donors (Lipinski definition) is 0. The second kappa shape index (κ2) is 23.9. The normalized spacial score (nSPS) is 49.8. The second-order valence-corrected chi connectivity index (χ2v) is 40.8. The van der Waals surface area contributed by atoms with Crippen LogP contribution in [-0.4, -0.2) is 0 Å². The van der Waals surface area contributed by atoms with Crippen molar-refractivity contribution in [3.8, 4) is 0 Å². The van der Waals surface area contributed by atoms with Gasteiger partial charge in [0, 0.05) is 0 Å². The Morgan fingerprint density at radius 3 is 1.48 bits per heavy atom. The van der Waals surface area contributed by atoms with E-state index in [1.807, 2.05) is 0 Å². The van der Waals surface area contributed by atoms with Crippen LogP contribution < -0.4 is 0 Å². The Kier molecular flexibility index (Phi) is 18.6. The van der Waals surface area contributed by atoms with E-state index in [4.69, 9.17) is 0 Å². The summed E-state index contributed by atoms with van der Waals surface area (Å²) in [7, 11) is 0. The summed E-state index contributed by atoms with van der Waals surface area (Å²) in [5.74, 6) is 22.2. The molecule has 83 heavy (non-hydrogen) atoms. The largest absolute Gasteiger partial charge is 0.0649 e. The maximum absolute atomic E-state index is 2.54. The molecule has 0 spiro atoms. The molecule has 17 rings (SSSR count). The zero-order chi connectivity index (χ0) is 59.5. The van der Waals surface area contributed by atoms with Crippen LogP contribution in [0.15, 0.2) is 0 Å². The van der Waals surface area contributed by atoms with Gasteiger partial charge in [0.25, 0.3) is 0 Å². The molecule has 0 heterocycles. The van der Waals surface area contributed by atoms with Crippen LogP contribution in [0.3, 0.4) is 0 Å². The average molecular weight is 1140 g/mol. The third-order valence-corrected chi connectivity index (χ3v) is 34.2. The molecule has 17 fully saturated rings. The molecule has 0 aliphatic heterocycles. The highest BCUT2D eigenvalue weighted by Gasteiger charge is 2.66. The van der Waals surface area contributed by atoms with Gasteiger partial charge in [-0.25, -0.2) is 0 Å². The van der Waals surface area contributed by atoms with E-state index in [0.717, 1.165) is 94.2 Å². The van der Waals surface area contributed by atoms with Gasteiger partial charge >= 0.3 is 0 Å². The summed E-state index contributed by atoms with van der Waals surface area (Å²) in [6.07, 6.45) is 55.1. The van der Waals surface area contributed by atoms with Crippen molar-refractivity contribution < 1.29 is 0 Å². The zero-order valence-electron chi connectivity index (χ0n) is 59.5. The van der Waals surface area contributed by atoms with Gasteiger partial charge in [0.15, 0.2) is 0 Å². The van der Waals surface area contributed by atoms with Gasteiger partial charge in [-0.05, 0) is 315 Å². The van der Waals surface area contributed by atoms with Gasteiger partial charge in [-0.15, -0.1) is 0 Å². The third kappa shape index (κ3) is 12.2. The maximum Gasteiger partial charge on any atom is -0.0220 e. The molecule has 0 aromatic rings. The van der Waals surface area contributed by atoms with Crippen LogP contribution in [0.4, 0.5) is 0 Å². The number of hydrogen-bond acceptors (Lipinski definition) is 0. The molecule has 22 unspecified atom stereocenters. The van der Waals surface area contributed by atoms with E-state index in [1.165, 1.54) is 171 Å². The Hall–Kier alpha value is 0. The van der Waals surface area contributed by atoms with Gasteiger partial charge in [0.1, 0.15) is 0 Å². The lowest BCUT2D eigenvalue weighted by Crippen LogP contribution is -2.37. The Balaban J connectivity index is 0.000000102. The highest BCUT2D eigenvalue weighted by Crippen LogP contribution is 2.74. The molecule has 0 radical (unpaired) electrons. The molecule has 22 atom stereocenters. The summed E-state index contributed by atoms with van der Waals surface area (Å²) in [6, 6.07) is 0. The molecule has 17 aliphatic rings. The molecule has 478 valence electrons. The molecule has 0 amide bonds. The molecule has 17 saturated carbocycles.